The molecule has 124 valence electrons. The minimum atomic E-state index is -0.182. The smallest absolute Gasteiger partial charge is 0.247 e. The van der Waals surface area contributed by atoms with Crippen molar-refractivity contribution >= 4 is 29.1 Å². The van der Waals surface area contributed by atoms with Gasteiger partial charge in [-0.05, 0) is 37.3 Å². The predicted octanol–water partition coefficient (Wildman–Crippen LogP) is 3.41. The highest BCUT2D eigenvalue weighted by Gasteiger charge is 2.25. The lowest BCUT2D eigenvalue weighted by atomic mass is 10.0. The molecule has 0 aliphatic carbocycles. The Morgan fingerprint density at radius 3 is 2.91 bits per heavy atom. The quantitative estimate of drug-likeness (QED) is 0.702. The molecule has 0 fully saturated rings. The van der Waals surface area contributed by atoms with Gasteiger partial charge in [0.05, 0.1) is 17.8 Å². The number of hydrogen-bond donors (Lipinski definition) is 1. The summed E-state index contributed by atoms with van der Waals surface area (Å²) < 4.78 is 0. The van der Waals surface area contributed by atoms with Crippen LogP contribution in [0.15, 0.2) is 36.1 Å². The number of pyridine rings is 1. The van der Waals surface area contributed by atoms with Crippen LogP contribution in [-0.4, -0.2) is 33.5 Å². The van der Waals surface area contributed by atoms with Gasteiger partial charge in [0.2, 0.25) is 5.91 Å². The summed E-state index contributed by atoms with van der Waals surface area (Å²) in [6.45, 7) is 1.62. The van der Waals surface area contributed by atoms with E-state index in [1.54, 1.807) is 37.1 Å². The van der Waals surface area contributed by atoms with Gasteiger partial charge in [-0.1, -0.05) is 12.8 Å². The van der Waals surface area contributed by atoms with Gasteiger partial charge in [0.15, 0.2) is 0 Å². The van der Waals surface area contributed by atoms with Crippen LogP contribution in [0.5, 0.6) is 0 Å². The Bertz CT molecular complexity index is 548. The van der Waals surface area contributed by atoms with Crippen LogP contribution in [0.4, 0.5) is 5.69 Å². The Hall–Kier alpha value is -1.82. The van der Waals surface area contributed by atoms with Crippen LogP contribution < -0.4 is 5.32 Å². The summed E-state index contributed by atoms with van der Waals surface area (Å²) in [7, 11) is 0. The minimum Gasteiger partial charge on any atom is -0.356 e. The summed E-state index contributed by atoms with van der Waals surface area (Å²) in [5.41, 5.74) is 0.718. The Kier molecular flexibility index (Phi) is 7.13. The molecular formula is C17H23N3O2S. The number of Topliss-reactive ketones (excluding diaryl/α,β-unsaturated/α-hetero) is 1. The Morgan fingerprint density at radius 1 is 1.39 bits per heavy atom. The summed E-state index contributed by atoms with van der Waals surface area (Å²) in [6, 6.07) is 3.46. The number of hydrogen-bond acceptors (Lipinski definition) is 5. The third-order valence-electron chi connectivity index (χ3n) is 3.71. The first kappa shape index (κ1) is 17.5. The van der Waals surface area contributed by atoms with Gasteiger partial charge < -0.3 is 15.0 Å². The maximum absolute atomic E-state index is 12.6. The molecule has 1 aliphatic rings. The van der Waals surface area contributed by atoms with Gasteiger partial charge in [0.25, 0.3) is 0 Å². The van der Waals surface area contributed by atoms with Crippen LogP contribution in [0.1, 0.15) is 39.0 Å². The number of carbonyl (C=O) groups excluding carboxylic acids is 2. The molecule has 1 aliphatic heterocycles. The molecule has 1 unspecified atom stereocenters. The molecular weight excluding hydrogens is 310 g/mol. The van der Waals surface area contributed by atoms with Crippen LogP contribution in [0.3, 0.4) is 0 Å². The van der Waals surface area contributed by atoms with Gasteiger partial charge in [-0.2, -0.15) is 0 Å². The van der Waals surface area contributed by atoms with E-state index in [0.29, 0.717) is 6.42 Å². The van der Waals surface area contributed by atoms with Crippen LogP contribution in [0.2, 0.25) is 0 Å². The van der Waals surface area contributed by atoms with Gasteiger partial charge in [-0.25, -0.2) is 0 Å². The van der Waals surface area contributed by atoms with Crippen LogP contribution >= 0.6 is 11.8 Å². The topological polar surface area (TPSA) is 62.3 Å². The van der Waals surface area contributed by atoms with E-state index in [1.165, 1.54) is 0 Å². The third-order valence-corrected chi connectivity index (χ3v) is 4.47. The predicted molar refractivity (Wildman–Crippen MR) is 93.9 cm³/mol. The molecule has 23 heavy (non-hydrogen) atoms. The summed E-state index contributed by atoms with van der Waals surface area (Å²) in [5.74, 6) is 1.03. The molecule has 1 amide bonds. The number of nitrogens with zero attached hydrogens (tertiary/aromatic N) is 2. The number of amides is 1. The molecule has 0 saturated carbocycles. The number of unbranched alkanes of at least 4 members (excludes halogenated alkanes) is 2. The molecule has 1 N–H and O–H groups in total. The molecule has 1 aromatic heterocycles. The first-order chi connectivity index (χ1) is 11.2. The number of thioether (sulfide) groups is 1. The number of aromatic nitrogens is 1. The van der Waals surface area contributed by atoms with E-state index in [2.05, 4.69) is 15.2 Å². The number of anilines is 1. The molecule has 1 aromatic rings. The fourth-order valence-corrected chi connectivity index (χ4v) is 3.25. The Labute approximate surface area is 141 Å². The summed E-state index contributed by atoms with van der Waals surface area (Å²) in [5, 5.41) is 4.95. The standard InChI is InChI=1S/C17H23N3O2S/c1-14(21)6-3-2-4-8-16(20-10-11-23-13-20)17(22)19-15-7-5-9-18-12-15/h5,7,9-12,16H,2-4,6,8,13H2,1H3,(H,19,22). The highest BCUT2D eigenvalue weighted by Crippen LogP contribution is 2.22. The largest absolute Gasteiger partial charge is 0.356 e. The fourth-order valence-electron chi connectivity index (χ4n) is 2.49. The zero-order valence-corrected chi connectivity index (χ0v) is 14.2. The zero-order valence-electron chi connectivity index (χ0n) is 13.4. The van der Waals surface area contributed by atoms with Gasteiger partial charge in [-0.15, -0.1) is 11.8 Å². The van der Waals surface area contributed by atoms with E-state index in [-0.39, 0.29) is 17.7 Å². The summed E-state index contributed by atoms with van der Waals surface area (Å²) in [4.78, 5) is 29.7. The highest BCUT2D eigenvalue weighted by molar-refractivity contribution is 8.02. The van der Waals surface area contributed by atoms with Gasteiger partial charge in [-0.3, -0.25) is 9.78 Å². The zero-order chi connectivity index (χ0) is 16.5. The van der Waals surface area contributed by atoms with Gasteiger partial charge >= 0.3 is 0 Å². The van der Waals surface area contributed by atoms with Crippen molar-refractivity contribution in [2.45, 2.75) is 45.1 Å². The molecule has 5 nitrogen and oxygen atoms in total. The van der Waals surface area contributed by atoms with Gasteiger partial charge in [0.1, 0.15) is 11.8 Å². The molecule has 6 heteroatoms. The average Bonchev–Trinajstić information content (AvgIpc) is 3.05. The van der Waals surface area contributed by atoms with Crippen molar-refractivity contribution in [3.63, 3.8) is 0 Å². The summed E-state index contributed by atoms with van der Waals surface area (Å²) in [6.07, 6.45) is 9.54. The molecule has 0 bridgehead atoms. The van der Waals surface area contributed by atoms with Crippen molar-refractivity contribution < 1.29 is 9.59 Å². The minimum absolute atomic E-state index is 0.00304. The SMILES string of the molecule is CC(=O)CCCCCC(C(=O)Nc1cccnc1)N1C=CSC1. The molecule has 0 radical (unpaired) electrons. The van der Waals surface area contributed by atoms with Crippen molar-refractivity contribution in [3.8, 4) is 0 Å². The van der Waals surface area contributed by atoms with E-state index in [9.17, 15) is 9.59 Å². The number of nitrogens with one attached hydrogen (secondary N) is 1. The van der Waals surface area contributed by atoms with E-state index in [1.807, 2.05) is 17.7 Å². The molecule has 0 saturated heterocycles. The van der Waals surface area contributed by atoms with Crippen LogP contribution in [0.25, 0.3) is 0 Å². The van der Waals surface area contributed by atoms with Crippen LogP contribution in [0, 0.1) is 0 Å². The third kappa shape index (κ3) is 6.06. The summed E-state index contributed by atoms with van der Waals surface area (Å²) >= 11 is 1.69. The molecule has 1 atom stereocenters. The van der Waals surface area contributed by atoms with Crippen molar-refractivity contribution in [2.24, 2.45) is 0 Å². The maximum atomic E-state index is 12.6. The Morgan fingerprint density at radius 2 is 2.26 bits per heavy atom. The number of ketones is 1. The molecule has 2 rings (SSSR count). The van der Waals surface area contributed by atoms with Crippen molar-refractivity contribution in [1.82, 2.24) is 9.88 Å². The Balaban J connectivity index is 1.87. The molecule has 0 aromatic carbocycles. The van der Waals surface area contributed by atoms with Crippen LogP contribution in [-0.2, 0) is 9.59 Å². The monoisotopic (exact) mass is 333 g/mol. The van der Waals surface area contributed by atoms with Crippen molar-refractivity contribution in [2.75, 3.05) is 11.2 Å². The first-order valence-electron chi connectivity index (χ1n) is 7.91. The second-order valence-electron chi connectivity index (χ2n) is 5.64. The second kappa shape index (κ2) is 9.35. The lowest BCUT2D eigenvalue weighted by molar-refractivity contribution is -0.120. The van der Waals surface area contributed by atoms with E-state index >= 15 is 0 Å². The maximum Gasteiger partial charge on any atom is 0.247 e. The first-order valence-corrected chi connectivity index (χ1v) is 8.96. The molecule has 0 spiro atoms. The van der Waals surface area contributed by atoms with Crippen molar-refractivity contribution in [1.29, 1.82) is 0 Å². The van der Waals surface area contributed by atoms with Gasteiger partial charge in [0, 0.05) is 18.8 Å². The fraction of sp³-hybridized carbons (Fsp3) is 0.471. The normalized spacial score (nSPS) is 14.7. The highest BCUT2D eigenvalue weighted by atomic mass is 32.2. The van der Waals surface area contributed by atoms with Crippen molar-refractivity contribution in [3.05, 3.63) is 36.1 Å². The number of carbonyl (C=O) groups is 2. The number of rotatable bonds is 9. The average molecular weight is 333 g/mol. The van der Waals surface area contributed by atoms with E-state index in [0.717, 1.165) is 37.2 Å². The molecule has 2 heterocycles. The lowest BCUT2D eigenvalue weighted by Gasteiger charge is -2.26. The lowest BCUT2D eigenvalue weighted by Crippen LogP contribution is -2.40. The van der Waals surface area contributed by atoms with E-state index in [4.69, 9.17) is 0 Å². The second-order valence-corrected chi connectivity index (χ2v) is 6.51. The van der Waals surface area contributed by atoms with E-state index < -0.39 is 0 Å².